The summed E-state index contributed by atoms with van der Waals surface area (Å²) in [6.07, 6.45) is 1.93. The number of primary amides is 1. The van der Waals surface area contributed by atoms with Crippen molar-refractivity contribution in [3.63, 3.8) is 0 Å². The van der Waals surface area contributed by atoms with Crippen LogP contribution in [-0.2, 0) is 22.6 Å². The van der Waals surface area contributed by atoms with Gasteiger partial charge in [-0.25, -0.2) is 0 Å². The maximum absolute atomic E-state index is 12.4. The van der Waals surface area contributed by atoms with E-state index in [1.165, 1.54) is 24.5 Å². The number of amides is 2. The third kappa shape index (κ3) is 6.06. The summed E-state index contributed by atoms with van der Waals surface area (Å²) >= 11 is 7.12. The van der Waals surface area contributed by atoms with Crippen LogP contribution in [0.3, 0.4) is 0 Å². The van der Waals surface area contributed by atoms with Gasteiger partial charge in [0, 0.05) is 25.0 Å². The number of nitrogens with zero attached hydrogens (tertiary/aromatic N) is 4. The van der Waals surface area contributed by atoms with E-state index in [9.17, 15) is 19.7 Å². The van der Waals surface area contributed by atoms with Gasteiger partial charge in [0.15, 0.2) is 5.16 Å². The van der Waals surface area contributed by atoms with Crippen LogP contribution in [0.15, 0.2) is 46.2 Å². The summed E-state index contributed by atoms with van der Waals surface area (Å²) in [5.41, 5.74) is 5.17. The third-order valence-corrected chi connectivity index (χ3v) is 5.35. The normalized spacial score (nSPS) is 10.7. The van der Waals surface area contributed by atoms with E-state index in [1.807, 2.05) is 0 Å². The Morgan fingerprint density at radius 3 is 2.81 bits per heavy atom. The maximum atomic E-state index is 12.4. The number of aryl methyl sites for hydroxylation is 1. The molecule has 0 radical (unpaired) electrons. The maximum Gasteiger partial charge on any atom is 0.271 e. The zero-order chi connectivity index (χ0) is 22.4. The fourth-order valence-electron chi connectivity index (χ4n) is 2.60. The molecular weight excluding hydrogens is 448 g/mol. The number of carbonyl (C=O) groups is 2. The Morgan fingerprint density at radius 2 is 2.13 bits per heavy atom. The summed E-state index contributed by atoms with van der Waals surface area (Å²) in [6.45, 7) is 0.314. The Bertz CT molecular complexity index is 1100. The van der Waals surface area contributed by atoms with Crippen LogP contribution in [0.1, 0.15) is 18.0 Å². The molecule has 11 nitrogen and oxygen atoms in total. The Kier molecular flexibility index (Phi) is 7.26. The highest BCUT2D eigenvalue weighted by atomic mass is 35.5. The monoisotopic (exact) mass is 464 g/mol. The van der Waals surface area contributed by atoms with Crippen molar-refractivity contribution in [1.82, 2.24) is 14.8 Å². The minimum absolute atomic E-state index is 0.0505. The van der Waals surface area contributed by atoms with Gasteiger partial charge in [0.25, 0.3) is 5.69 Å². The number of nitro benzene ring substituents is 1. The molecule has 1 aromatic carbocycles. The lowest BCUT2D eigenvalue weighted by atomic mass is 10.3. The molecule has 3 aromatic rings. The van der Waals surface area contributed by atoms with Crippen molar-refractivity contribution in [2.75, 3.05) is 11.1 Å². The topological polar surface area (TPSA) is 159 Å². The van der Waals surface area contributed by atoms with E-state index in [0.29, 0.717) is 29.7 Å². The average molecular weight is 465 g/mol. The van der Waals surface area contributed by atoms with Crippen molar-refractivity contribution < 1.29 is 18.9 Å². The lowest BCUT2D eigenvalue weighted by molar-refractivity contribution is -0.384. The highest BCUT2D eigenvalue weighted by Crippen LogP contribution is 2.27. The van der Waals surface area contributed by atoms with Gasteiger partial charge in [-0.15, -0.1) is 10.2 Å². The third-order valence-electron chi connectivity index (χ3n) is 4.05. The van der Waals surface area contributed by atoms with Crippen molar-refractivity contribution in [2.45, 2.75) is 24.5 Å². The molecule has 0 aliphatic rings. The number of hydrogen-bond donors (Lipinski definition) is 2. The zero-order valence-corrected chi connectivity index (χ0v) is 17.6. The first-order chi connectivity index (χ1) is 14.8. The first-order valence-electron chi connectivity index (χ1n) is 8.93. The largest absolute Gasteiger partial charge is 0.467 e. The lowest BCUT2D eigenvalue weighted by Crippen LogP contribution is -2.16. The van der Waals surface area contributed by atoms with Crippen molar-refractivity contribution in [2.24, 2.45) is 5.73 Å². The van der Waals surface area contributed by atoms with Gasteiger partial charge in [0.05, 0.1) is 34.2 Å². The minimum Gasteiger partial charge on any atom is -0.467 e. The molecule has 2 heterocycles. The molecule has 2 amide bonds. The second-order valence-corrected chi connectivity index (χ2v) is 7.64. The molecule has 31 heavy (non-hydrogen) atoms. The number of aromatic nitrogens is 3. The van der Waals surface area contributed by atoms with Gasteiger partial charge in [0.1, 0.15) is 11.6 Å². The first kappa shape index (κ1) is 22.3. The number of nitro groups is 1. The second kappa shape index (κ2) is 10.1. The first-order valence-corrected chi connectivity index (χ1v) is 10.3. The molecule has 0 aliphatic carbocycles. The highest BCUT2D eigenvalue weighted by Gasteiger charge is 2.17. The van der Waals surface area contributed by atoms with Crippen LogP contribution in [-0.4, -0.2) is 37.3 Å². The summed E-state index contributed by atoms with van der Waals surface area (Å²) in [5, 5.41) is 22.3. The van der Waals surface area contributed by atoms with Crippen LogP contribution >= 0.6 is 23.4 Å². The minimum atomic E-state index is -0.578. The van der Waals surface area contributed by atoms with Gasteiger partial charge in [0.2, 0.25) is 11.8 Å². The molecule has 0 unspecified atom stereocenters. The lowest BCUT2D eigenvalue weighted by Gasteiger charge is -2.09. The summed E-state index contributed by atoms with van der Waals surface area (Å²) in [6, 6.07) is 7.30. The van der Waals surface area contributed by atoms with Gasteiger partial charge in [-0.05, 0) is 18.2 Å². The fraction of sp³-hybridized carbons (Fsp3) is 0.222. The molecular formula is C18H17ClN6O5S. The number of rotatable bonds is 10. The van der Waals surface area contributed by atoms with E-state index >= 15 is 0 Å². The van der Waals surface area contributed by atoms with Crippen LogP contribution in [0.2, 0.25) is 5.02 Å². The number of non-ortho nitro benzene ring substituents is 1. The number of nitrogens with one attached hydrogen (secondary N) is 1. The number of thioether (sulfide) groups is 1. The molecule has 0 fully saturated rings. The Balaban J connectivity index is 1.70. The van der Waals surface area contributed by atoms with E-state index in [1.54, 1.807) is 16.7 Å². The second-order valence-electron chi connectivity index (χ2n) is 6.29. The molecule has 162 valence electrons. The number of nitrogens with two attached hydrogens (primary N) is 1. The molecule has 0 spiro atoms. The van der Waals surface area contributed by atoms with Gasteiger partial charge in [-0.1, -0.05) is 23.4 Å². The van der Waals surface area contributed by atoms with Gasteiger partial charge < -0.3 is 15.5 Å². The predicted molar refractivity (Wildman–Crippen MR) is 113 cm³/mol. The van der Waals surface area contributed by atoms with Gasteiger partial charge in [-0.2, -0.15) is 0 Å². The molecule has 0 saturated heterocycles. The number of carbonyl (C=O) groups excluding carboxylic acids is 2. The van der Waals surface area contributed by atoms with Crippen molar-refractivity contribution in [1.29, 1.82) is 0 Å². The SMILES string of the molecule is NC(=O)CCc1nnc(SCC(=O)Nc2cc([N+](=O)[O-])ccc2Cl)n1Cc1ccco1. The number of anilines is 1. The average Bonchev–Trinajstić information content (AvgIpc) is 3.37. The van der Waals surface area contributed by atoms with Crippen LogP contribution in [0, 0.1) is 10.1 Å². The number of furan rings is 1. The Hall–Kier alpha value is -3.38. The predicted octanol–water partition coefficient (Wildman–Crippen LogP) is 2.63. The van der Waals surface area contributed by atoms with E-state index in [-0.39, 0.29) is 28.6 Å². The summed E-state index contributed by atoms with van der Waals surface area (Å²) < 4.78 is 7.10. The number of benzene rings is 1. The van der Waals surface area contributed by atoms with Gasteiger partial charge in [-0.3, -0.25) is 24.3 Å². The molecule has 0 bridgehead atoms. The molecule has 3 rings (SSSR count). The standard InChI is InChI=1S/C18H17ClN6O5S/c19-13-4-3-11(25(28)29)8-14(13)21-17(27)10-31-18-23-22-16(6-5-15(20)26)24(18)9-12-2-1-7-30-12/h1-4,7-8H,5-6,9-10H2,(H2,20,26)(H,21,27). The van der Waals surface area contributed by atoms with Crippen molar-refractivity contribution in [3.8, 4) is 0 Å². The van der Waals surface area contributed by atoms with Crippen LogP contribution < -0.4 is 11.1 Å². The molecule has 2 aromatic heterocycles. The molecule has 0 saturated carbocycles. The summed E-state index contributed by atoms with van der Waals surface area (Å²) in [4.78, 5) is 33.8. The van der Waals surface area contributed by atoms with Crippen LogP contribution in [0.5, 0.6) is 0 Å². The molecule has 13 heteroatoms. The number of halogens is 1. The molecule has 3 N–H and O–H groups in total. The highest BCUT2D eigenvalue weighted by molar-refractivity contribution is 7.99. The quantitative estimate of drug-likeness (QED) is 0.263. The summed E-state index contributed by atoms with van der Waals surface area (Å²) in [5.74, 6) is 0.230. The van der Waals surface area contributed by atoms with Gasteiger partial charge >= 0.3 is 0 Å². The Labute approximate surface area is 185 Å². The van der Waals surface area contributed by atoms with Crippen molar-refractivity contribution >= 4 is 46.6 Å². The van der Waals surface area contributed by atoms with Crippen molar-refractivity contribution in [3.05, 3.63) is 63.3 Å². The van der Waals surface area contributed by atoms with E-state index in [4.69, 9.17) is 21.8 Å². The summed E-state index contributed by atoms with van der Waals surface area (Å²) in [7, 11) is 0. The van der Waals surface area contributed by atoms with E-state index in [0.717, 1.165) is 11.8 Å². The number of hydrogen-bond acceptors (Lipinski definition) is 8. The zero-order valence-electron chi connectivity index (χ0n) is 16.0. The molecule has 0 aliphatic heterocycles. The smallest absolute Gasteiger partial charge is 0.271 e. The fourth-order valence-corrected chi connectivity index (χ4v) is 3.52. The Morgan fingerprint density at radius 1 is 1.32 bits per heavy atom. The van der Waals surface area contributed by atoms with E-state index in [2.05, 4.69) is 15.5 Å². The van der Waals surface area contributed by atoms with Crippen LogP contribution in [0.4, 0.5) is 11.4 Å². The van der Waals surface area contributed by atoms with Crippen LogP contribution in [0.25, 0.3) is 0 Å². The molecule has 0 atom stereocenters. The van der Waals surface area contributed by atoms with E-state index < -0.39 is 16.7 Å².